The second kappa shape index (κ2) is 8.61. The first-order valence-corrected chi connectivity index (χ1v) is 11.1. The van der Waals surface area contributed by atoms with Crippen LogP contribution in [0.25, 0.3) is 33.9 Å². The van der Waals surface area contributed by atoms with E-state index in [2.05, 4.69) is 4.98 Å². The highest BCUT2D eigenvalue weighted by atomic mass is 35.5. The molecule has 0 radical (unpaired) electrons. The number of rotatable bonds is 4. The normalized spacial score (nSPS) is 11.1. The minimum atomic E-state index is -0.536. The highest BCUT2D eigenvalue weighted by Crippen LogP contribution is 2.31. The van der Waals surface area contributed by atoms with Crippen molar-refractivity contribution in [2.45, 2.75) is 0 Å². The molecule has 0 saturated carbocycles. The van der Waals surface area contributed by atoms with Gasteiger partial charge in [-0.3, -0.25) is 18.7 Å². The van der Waals surface area contributed by atoms with Gasteiger partial charge in [0.05, 0.1) is 10.7 Å². The van der Waals surface area contributed by atoms with Gasteiger partial charge in [0.2, 0.25) is 5.91 Å². The Balaban J connectivity index is 1.81. The zero-order chi connectivity index (χ0) is 24.0. The van der Waals surface area contributed by atoms with Crippen LogP contribution in [0.4, 0.5) is 0 Å². The van der Waals surface area contributed by atoms with Crippen molar-refractivity contribution in [1.29, 1.82) is 0 Å². The van der Waals surface area contributed by atoms with E-state index in [9.17, 15) is 9.59 Å². The first kappa shape index (κ1) is 22.2. The molecule has 0 aliphatic carbocycles. The summed E-state index contributed by atoms with van der Waals surface area (Å²) in [6.45, 7) is 0. The van der Waals surface area contributed by atoms with Crippen LogP contribution in [0, 0.1) is 0 Å². The fourth-order valence-electron chi connectivity index (χ4n) is 3.61. The highest BCUT2D eigenvalue weighted by molar-refractivity contribution is 6.36. The van der Waals surface area contributed by atoms with Crippen LogP contribution in [0.3, 0.4) is 0 Å². The molecule has 1 amide bonds. The Labute approximate surface area is 208 Å². The molecule has 0 aliphatic heterocycles. The van der Waals surface area contributed by atoms with Gasteiger partial charge in [0.1, 0.15) is 6.33 Å². The van der Waals surface area contributed by atoms with Gasteiger partial charge in [0.15, 0.2) is 17.0 Å². The molecule has 0 aliphatic rings. The minimum absolute atomic E-state index is 0.155. The summed E-state index contributed by atoms with van der Waals surface area (Å²) >= 11 is 18.6. The van der Waals surface area contributed by atoms with Crippen molar-refractivity contribution in [3.05, 3.63) is 104 Å². The Hall–Kier alpha value is -3.65. The molecule has 0 atom stereocenters. The van der Waals surface area contributed by atoms with E-state index >= 15 is 0 Å². The number of nitrogens with zero attached hydrogens (tertiary/aromatic N) is 4. The molecule has 3 aromatic carbocycles. The highest BCUT2D eigenvalue weighted by Gasteiger charge is 2.20. The Morgan fingerprint density at radius 1 is 0.853 bits per heavy atom. The van der Waals surface area contributed by atoms with Gasteiger partial charge in [-0.1, -0.05) is 34.8 Å². The van der Waals surface area contributed by atoms with E-state index < -0.39 is 5.91 Å². The predicted molar refractivity (Wildman–Crippen MR) is 133 cm³/mol. The van der Waals surface area contributed by atoms with E-state index in [1.807, 2.05) is 0 Å². The van der Waals surface area contributed by atoms with Gasteiger partial charge >= 0.3 is 0 Å². The zero-order valence-corrected chi connectivity index (χ0v) is 19.5. The number of imidazole rings is 1. The average molecular weight is 511 g/mol. The topological polar surface area (TPSA) is 95.8 Å². The van der Waals surface area contributed by atoms with Crippen LogP contribution in [-0.4, -0.2) is 25.0 Å². The number of amides is 1. The summed E-state index contributed by atoms with van der Waals surface area (Å²) in [6.07, 6.45) is 1.50. The van der Waals surface area contributed by atoms with E-state index in [4.69, 9.17) is 45.5 Å². The largest absolute Gasteiger partial charge is 0.366 e. The Bertz CT molecular complexity index is 1620. The molecular weight excluding hydrogens is 497 g/mol. The third kappa shape index (κ3) is 3.84. The molecule has 10 heteroatoms. The van der Waals surface area contributed by atoms with Crippen LogP contribution in [0.15, 0.2) is 77.9 Å². The van der Waals surface area contributed by atoms with Crippen molar-refractivity contribution in [1.82, 2.24) is 19.1 Å². The van der Waals surface area contributed by atoms with Crippen LogP contribution in [-0.2, 0) is 0 Å². The molecule has 34 heavy (non-hydrogen) atoms. The quantitative estimate of drug-likeness (QED) is 0.355. The lowest BCUT2D eigenvalue weighted by Gasteiger charge is -2.14. The third-order valence-corrected chi connectivity index (χ3v) is 6.06. The fraction of sp³-hybridized carbons (Fsp3) is 0. The maximum Gasteiger partial charge on any atom is 0.286 e. The van der Waals surface area contributed by atoms with Crippen molar-refractivity contribution in [2.24, 2.45) is 5.73 Å². The van der Waals surface area contributed by atoms with E-state index in [0.717, 1.165) is 0 Å². The van der Waals surface area contributed by atoms with Gasteiger partial charge in [0.25, 0.3) is 5.56 Å². The van der Waals surface area contributed by atoms with E-state index in [1.165, 1.54) is 10.9 Å². The smallest absolute Gasteiger partial charge is 0.286 e. The lowest BCUT2D eigenvalue weighted by molar-refractivity contribution is 0.100. The number of nitrogens with two attached hydrogens (primary N) is 1. The third-order valence-electron chi connectivity index (χ3n) is 5.26. The van der Waals surface area contributed by atoms with Crippen LogP contribution in [0.2, 0.25) is 15.1 Å². The molecular formula is C24H14Cl3N5O2. The van der Waals surface area contributed by atoms with Crippen LogP contribution < -0.4 is 11.3 Å². The molecule has 0 unspecified atom stereocenters. The Kier molecular flexibility index (Phi) is 5.61. The standard InChI is InChI=1S/C24H14Cl3N5O2/c25-14-3-8-17(9-4-14)32-22(18-10-5-15(26)11-19(18)27)30-23-20(24(32)34)29-12-31(23)16-6-1-13(2-7-16)21(28)33/h1-12H,(H2,28,33). The lowest BCUT2D eigenvalue weighted by Crippen LogP contribution is -2.22. The number of aromatic nitrogens is 4. The van der Waals surface area contributed by atoms with E-state index in [1.54, 1.807) is 71.3 Å². The van der Waals surface area contributed by atoms with Crippen LogP contribution in [0.1, 0.15) is 10.4 Å². The molecule has 2 N–H and O–H groups in total. The Morgan fingerprint density at radius 3 is 2.15 bits per heavy atom. The first-order chi connectivity index (χ1) is 16.3. The predicted octanol–water partition coefficient (Wildman–Crippen LogP) is 5.30. The zero-order valence-electron chi connectivity index (χ0n) is 17.2. The Morgan fingerprint density at radius 2 is 1.50 bits per heavy atom. The van der Waals surface area contributed by atoms with Crippen molar-refractivity contribution >= 4 is 51.9 Å². The fourth-order valence-corrected chi connectivity index (χ4v) is 4.23. The van der Waals surface area contributed by atoms with Crippen LogP contribution in [0.5, 0.6) is 0 Å². The SMILES string of the molecule is NC(=O)c1ccc(-n2cnc3c(=O)n(-c4ccc(Cl)cc4)c(-c4ccc(Cl)cc4Cl)nc32)cc1. The van der Waals surface area contributed by atoms with Gasteiger partial charge in [-0.2, -0.15) is 0 Å². The summed E-state index contributed by atoms with van der Waals surface area (Å²) in [5.41, 5.74) is 7.50. The first-order valence-electron chi connectivity index (χ1n) is 9.95. The summed E-state index contributed by atoms with van der Waals surface area (Å²) in [7, 11) is 0. The molecule has 0 fully saturated rings. The summed E-state index contributed by atoms with van der Waals surface area (Å²) in [4.78, 5) is 34.2. The molecule has 0 spiro atoms. The molecule has 5 rings (SSSR count). The molecule has 168 valence electrons. The second-order valence-corrected chi connectivity index (χ2v) is 8.65. The van der Waals surface area contributed by atoms with Gasteiger partial charge in [0, 0.05) is 26.9 Å². The number of fused-ring (bicyclic) bond motifs is 1. The number of halogens is 3. The number of primary amides is 1. The van der Waals surface area contributed by atoms with Crippen molar-refractivity contribution in [3.8, 4) is 22.8 Å². The molecule has 5 aromatic rings. The minimum Gasteiger partial charge on any atom is -0.366 e. The number of carbonyl (C=O) groups excluding carboxylic acids is 1. The van der Waals surface area contributed by atoms with Gasteiger partial charge in [-0.15, -0.1) is 0 Å². The van der Waals surface area contributed by atoms with E-state index in [0.29, 0.717) is 49.0 Å². The summed E-state index contributed by atoms with van der Waals surface area (Å²) < 4.78 is 3.09. The number of benzene rings is 3. The number of carbonyl (C=O) groups is 1. The maximum atomic E-state index is 13.7. The maximum absolute atomic E-state index is 13.7. The summed E-state index contributed by atoms with van der Waals surface area (Å²) in [6, 6.07) is 18.3. The lowest BCUT2D eigenvalue weighted by atomic mass is 10.2. The van der Waals surface area contributed by atoms with Gasteiger partial charge in [-0.25, -0.2) is 9.97 Å². The van der Waals surface area contributed by atoms with Crippen molar-refractivity contribution < 1.29 is 4.79 Å². The second-order valence-electron chi connectivity index (χ2n) is 7.37. The van der Waals surface area contributed by atoms with Gasteiger partial charge < -0.3 is 5.73 Å². The number of hydrogen-bond acceptors (Lipinski definition) is 4. The number of hydrogen-bond donors (Lipinski definition) is 1. The van der Waals surface area contributed by atoms with Crippen molar-refractivity contribution in [3.63, 3.8) is 0 Å². The molecule has 2 aromatic heterocycles. The summed E-state index contributed by atoms with van der Waals surface area (Å²) in [5.74, 6) is -0.234. The van der Waals surface area contributed by atoms with Crippen molar-refractivity contribution in [2.75, 3.05) is 0 Å². The van der Waals surface area contributed by atoms with Crippen LogP contribution >= 0.6 is 34.8 Å². The molecule has 2 heterocycles. The molecule has 0 bridgehead atoms. The van der Waals surface area contributed by atoms with Gasteiger partial charge in [-0.05, 0) is 66.7 Å². The molecule has 7 nitrogen and oxygen atoms in total. The van der Waals surface area contributed by atoms with E-state index in [-0.39, 0.29) is 11.1 Å². The monoisotopic (exact) mass is 509 g/mol. The molecule has 0 saturated heterocycles. The average Bonchev–Trinajstić information content (AvgIpc) is 3.24. The summed E-state index contributed by atoms with van der Waals surface area (Å²) in [5, 5.41) is 1.31.